The summed E-state index contributed by atoms with van der Waals surface area (Å²) >= 11 is 13.8. The highest BCUT2D eigenvalue weighted by Crippen LogP contribution is 2.39. The van der Waals surface area contributed by atoms with Crippen LogP contribution in [0.2, 0.25) is 10.0 Å². The Bertz CT molecular complexity index is 2440. The van der Waals surface area contributed by atoms with Gasteiger partial charge in [0, 0.05) is 35.1 Å². The molecule has 0 bridgehead atoms. The zero-order valence-corrected chi connectivity index (χ0v) is 31.2. The summed E-state index contributed by atoms with van der Waals surface area (Å²) in [5, 5.41) is 9.57. The zero-order chi connectivity index (χ0) is 38.2. The Hall–Kier alpha value is -6.36. The third-order valence-corrected chi connectivity index (χ3v) is 8.70. The van der Waals surface area contributed by atoms with E-state index in [1.54, 1.807) is 101 Å². The molecule has 3 aromatic heterocycles. The van der Waals surface area contributed by atoms with E-state index in [1.807, 2.05) is 0 Å². The molecule has 276 valence electrons. The molecule has 0 aliphatic heterocycles. The minimum Gasteiger partial charge on any atom is -0.493 e. The number of fused-ring (bicyclic) bond motifs is 2. The van der Waals surface area contributed by atoms with Crippen molar-refractivity contribution in [2.75, 3.05) is 44.8 Å². The fraction of sp³-hybridized carbons (Fsp3) is 0.111. The standard InChI is InChI=1S/C20H16ClN5O4S.C16H14ClN3O3/c1-28-16-8-12-14(9-17(16)29-2)23-10-24-18(12)30-15-4-3-11(7-13(15)21)25-19(27)26-20-22-5-6-31-20;1-21-14-6-10-12(7-15(14)22-2)19-8-20-16(10)23-13-4-3-9(18)5-11(13)17/h3-10H,1-2H3,(H2,22,25,26,27);3-8H,18H2,1-2H3. The average Bonchev–Trinajstić information content (AvgIpc) is 3.69. The summed E-state index contributed by atoms with van der Waals surface area (Å²) in [7, 11) is 6.22. The molecule has 54 heavy (non-hydrogen) atoms. The number of nitrogen functional groups attached to an aromatic ring is 1. The molecule has 0 atom stereocenters. The van der Waals surface area contributed by atoms with Crippen molar-refractivity contribution in [3.63, 3.8) is 0 Å². The van der Waals surface area contributed by atoms with Gasteiger partial charge >= 0.3 is 6.03 Å². The van der Waals surface area contributed by atoms with Crippen LogP contribution in [0.1, 0.15) is 0 Å². The molecule has 0 aliphatic rings. The van der Waals surface area contributed by atoms with E-state index < -0.39 is 6.03 Å². The van der Waals surface area contributed by atoms with E-state index in [0.717, 1.165) is 0 Å². The maximum absolute atomic E-state index is 12.1. The Morgan fingerprint density at radius 3 is 1.63 bits per heavy atom. The largest absolute Gasteiger partial charge is 0.493 e. The lowest BCUT2D eigenvalue weighted by atomic mass is 10.2. The number of urea groups is 1. The van der Waals surface area contributed by atoms with Gasteiger partial charge in [0.25, 0.3) is 0 Å². The van der Waals surface area contributed by atoms with Gasteiger partial charge in [-0.3, -0.25) is 5.32 Å². The Morgan fingerprint density at radius 2 is 1.15 bits per heavy atom. The van der Waals surface area contributed by atoms with Crippen molar-refractivity contribution in [2.45, 2.75) is 0 Å². The van der Waals surface area contributed by atoms with Crippen molar-refractivity contribution in [3.05, 3.63) is 94.9 Å². The van der Waals surface area contributed by atoms with Crippen LogP contribution in [0, 0.1) is 0 Å². The number of nitrogens with zero attached hydrogens (tertiary/aromatic N) is 5. The molecule has 0 spiro atoms. The van der Waals surface area contributed by atoms with Crippen LogP contribution in [0.5, 0.6) is 46.3 Å². The average molecular weight is 790 g/mol. The van der Waals surface area contributed by atoms with Crippen molar-refractivity contribution in [2.24, 2.45) is 0 Å². The highest BCUT2D eigenvalue weighted by Gasteiger charge is 2.16. The van der Waals surface area contributed by atoms with Gasteiger partial charge in [0.1, 0.15) is 24.2 Å². The van der Waals surface area contributed by atoms with E-state index in [1.165, 1.54) is 24.0 Å². The highest BCUT2D eigenvalue weighted by molar-refractivity contribution is 7.13. The van der Waals surface area contributed by atoms with Crippen LogP contribution >= 0.6 is 34.5 Å². The van der Waals surface area contributed by atoms with Crippen molar-refractivity contribution >= 4 is 78.9 Å². The first-order valence-electron chi connectivity index (χ1n) is 15.6. The van der Waals surface area contributed by atoms with Gasteiger partial charge < -0.3 is 39.5 Å². The first-order chi connectivity index (χ1) is 26.2. The number of ether oxygens (including phenoxy) is 6. The first kappa shape index (κ1) is 37.4. The Kier molecular flexibility index (Phi) is 11.8. The summed E-state index contributed by atoms with van der Waals surface area (Å²) < 4.78 is 33.0. The molecule has 2 amide bonds. The Morgan fingerprint density at radius 1 is 0.630 bits per heavy atom. The summed E-state index contributed by atoms with van der Waals surface area (Å²) in [5.74, 6) is 3.68. The van der Waals surface area contributed by atoms with Gasteiger partial charge in [0.2, 0.25) is 11.8 Å². The van der Waals surface area contributed by atoms with E-state index in [0.29, 0.717) is 94.6 Å². The number of hydrogen-bond acceptors (Lipinski definition) is 14. The van der Waals surface area contributed by atoms with Crippen LogP contribution in [0.25, 0.3) is 21.8 Å². The predicted molar refractivity (Wildman–Crippen MR) is 208 cm³/mol. The molecule has 3 heterocycles. The topological polar surface area (TPSA) is 187 Å². The molecule has 4 N–H and O–H groups in total. The molecule has 0 unspecified atom stereocenters. The van der Waals surface area contributed by atoms with E-state index in [9.17, 15) is 4.79 Å². The molecule has 18 heteroatoms. The summed E-state index contributed by atoms with van der Waals surface area (Å²) in [4.78, 5) is 32.9. The van der Waals surface area contributed by atoms with Crippen LogP contribution in [-0.4, -0.2) is 59.4 Å². The van der Waals surface area contributed by atoms with Gasteiger partial charge in [-0.05, 0) is 48.5 Å². The Balaban J connectivity index is 0.000000193. The maximum Gasteiger partial charge on any atom is 0.325 e. The number of rotatable bonds is 10. The van der Waals surface area contributed by atoms with E-state index in [2.05, 4.69) is 35.6 Å². The minimum absolute atomic E-state index is 0.291. The van der Waals surface area contributed by atoms with Crippen molar-refractivity contribution in [1.29, 1.82) is 0 Å². The van der Waals surface area contributed by atoms with Crippen LogP contribution in [0.15, 0.2) is 84.9 Å². The van der Waals surface area contributed by atoms with Gasteiger partial charge in [-0.1, -0.05) is 23.2 Å². The van der Waals surface area contributed by atoms with Crippen molar-refractivity contribution < 1.29 is 33.2 Å². The second-order valence-electron chi connectivity index (χ2n) is 10.8. The normalized spacial score (nSPS) is 10.6. The lowest BCUT2D eigenvalue weighted by molar-refractivity contribution is 0.262. The van der Waals surface area contributed by atoms with E-state index >= 15 is 0 Å². The molecule has 7 rings (SSSR count). The lowest BCUT2D eigenvalue weighted by Gasteiger charge is -2.13. The number of methoxy groups -OCH3 is 4. The number of hydrogen-bond donors (Lipinski definition) is 3. The van der Waals surface area contributed by atoms with E-state index in [4.69, 9.17) is 57.4 Å². The molecular formula is C36H30Cl2N8O7S. The number of carbonyl (C=O) groups excluding carboxylic acids is 1. The monoisotopic (exact) mass is 788 g/mol. The summed E-state index contributed by atoms with van der Waals surface area (Å²) in [6, 6.07) is 16.4. The second-order valence-corrected chi connectivity index (χ2v) is 12.5. The molecule has 15 nitrogen and oxygen atoms in total. The Labute approximate surface area is 321 Å². The summed E-state index contributed by atoms with van der Waals surface area (Å²) in [5.41, 5.74) is 8.02. The summed E-state index contributed by atoms with van der Waals surface area (Å²) in [6.45, 7) is 0. The fourth-order valence-electron chi connectivity index (χ4n) is 4.90. The number of halogens is 2. The molecule has 7 aromatic rings. The number of anilines is 3. The molecule has 0 radical (unpaired) electrons. The predicted octanol–water partition coefficient (Wildman–Crippen LogP) is 8.87. The highest BCUT2D eigenvalue weighted by atomic mass is 35.5. The number of thiazole rings is 1. The van der Waals surface area contributed by atoms with Gasteiger partial charge in [-0.2, -0.15) is 0 Å². The molecule has 0 saturated heterocycles. The first-order valence-corrected chi connectivity index (χ1v) is 17.2. The van der Waals surface area contributed by atoms with Gasteiger partial charge in [-0.25, -0.2) is 29.7 Å². The number of aromatic nitrogens is 5. The van der Waals surface area contributed by atoms with Gasteiger partial charge in [-0.15, -0.1) is 11.3 Å². The van der Waals surface area contributed by atoms with Gasteiger partial charge in [0.05, 0.1) is 60.3 Å². The molecule has 0 fully saturated rings. The van der Waals surface area contributed by atoms with Crippen LogP contribution in [0.4, 0.5) is 21.3 Å². The van der Waals surface area contributed by atoms with Crippen molar-refractivity contribution in [3.8, 4) is 46.3 Å². The second kappa shape index (κ2) is 17.0. The van der Waals surface area contributed by atoms with E-state index in [-0.39, 0.29) is 0 Å². The third-order valence-electron chi connectivity index (χ3n) is 7.42. The molecule has 4 aromatic carbocycles. The fourth-order valence-corrected chi connectivity index (χ4v) is 5.87. The van der Waals surface area contributed by atoms with Gasteiger partial charge in [0.15, 0.2) is 28.1 Å². The third kappa shape index (κ3) is 8.63. The maximum atomic E-state index is 12.1. The quantitative estimate of drug-likeness (QED) is 0.112. The SMILES string of the molecule is COc1cc2ncnc(Oc3ccc(N)cc3Cl)c2cc1OC.COc1cc2ncnc(Oc3ccc(NC(=O)Nc4nccs4)cc3Cl)c2cc1OC. The van der Waals surface area contributed by atoms with Crippen LogP contribution < -0.4 is 44.8 Å². The number of amides is 2. The van der Waals surface area contributed by atoms with Crippen molar-refractivity contribution in [1.82, 2.24) is 24.9 Å². The number of benzene rings is 4. The molecule has 0 saturated carbocycles. The zero-order valence-electron chi connectivity index (χ0n) is 28.9. The lowest BCUT2D eigenvalue weighted by Crippen LogP contribution is -2.19. The number of nitrogens with two attached hydrogens (primary N) is 1. The smallest absolute Gasteiger partial charge is 0.325 e. The molecular weight excluding hydrogens is 759 g/mol. The number of carbonyl (C=O) groups is 1. The molecule has 0 aliphatic carbocycles. The van der Waals surface area contributed by atoms with Crippen LogP contribution in [-0.2, 0) is 0 Å². The summed E-state index contributed by atoms with van der Waals surface area (Å²) in [6.07, 6.45) is 4.40. The van der Waals surface area contributed by atoms with Crippen LogP contribution in [0.3, 0.4) is 0 Å². The minimum atomic E-state index is -0.428. The number of nitrogens with one attached hydrogen (secondary N) is 2.